The number of amides is 1. The summed E-state index contributed by atoms with van der Waals surface area (Å²) in [5.41, 5.74) is 1.40. The molecule has 118 valence electrons. The molecule has 0 aliphatic carbocycles. The fourth-order valence-electron chi connectivity index (χ4n) is 1.86. The first-order valence-corrected chi connectivity index (χ1v) is 7.61. The minimum atomic E-state index is -0.558. The molecule has 1 amide bonds. The second kappa shape index (κ2) is 7.66. The summed E-state index contributed by atoms with van der Waals surface area (Å²) in [4.78, 5) is 11.8. The van der Waals surface area contributed by atoms with Crippen molar-refractivity contribution in [2.75, 3.05) is 19.0 Å². The Hall–Kier alpha value is -1.27. The number of aliphatic hydroxyl groups is 1. The van der Waals surface area contributed by atoms with Crippen LogP contribution in [0, 0.1) is 0 Å². The van der Waals surface area contributed by atoms with Crippen molar-refractivity contribution in [1.29, 1.82) is 0 Å². The molecule has 1 rings (SSSR count). The molecule has 0 aliphatic heterocycles. The van der Waals surface area contributed by atoms with Crippen molar-refractivity contribution in [2.24, 2.45) is 0 Å². The molecule has 6 heteroatoms. The lowest BCUT2D eigenvalue weighted by Crippen LogP contribution is -2.42. The zero-order valence-corrected chi connectivity index (χ0v) is 14.5. The van der Waals surface area contributed by atoms with Gasteiger partial charge >= 0.3 is 6.09 Å². The van der Waals surface area contributed by atoms with Gasteiger partial charge in [-0.25, -0.2) is 4.79 Å². The highest BCUT2D eigenvalue weighted by atomic mass is 79.9. The molecule has 0 bridgehead atoms. The van der Waals surface area contributed by atoms with Crippen LogP contribution in [0.25, 0.3) is 0 Å². The first kappa shape index (κ1) is 17.8. The van der Waals surface area contributed by atoms with Crippen LogP contribution in [0.1, 0.15) is 26.3 Å². The number of halogens is 1. The summed E-state index contributed by atoms with van der Waals surface area (Å²) in [5, 5.41) is 15.2. The lowest BCUT2D eigenvalue weighted by molar-refractivity contribution is 0.0483. The molecule has 0 saturated heterocycles. The average molecular weight is 359 g/mol. The van der Waals surface area contributed by atoms with Gasteiger partial charge in [0.25, 0.3) is 0 Å². The Balaban J connectivity index is 2.72. The van der Waals surface area contributed by atoms with Crippen LogP contribution in [0.2, 0.25) is 0 Å². The number of hydrogen-bond acceptors (Lipinski definition) is 4. The monoisotopic (exact) mass is 358 g/mol. The predicted octanol–water partition coefficient (Wildman–Crippen LogP) is 2.92. The Kier molecular flexibility index (Phi) is 6.48. The van der Waals surface area contributed by atoms with E-state index >= 15 is 0 Å². The Labute approximate surface area is 134 Å². The molecule has 1 atom stereocenters. The van der Waals surface area contributed by atoms with E-state index in [4.69, 9.17) is 4.74 Å². The Bertz CT molecular complexity index is 486. The standard InChI is InChI=1S/C15H23BrN2O3/c1-15(2,3)21-14(20)18-12(9-19)7-10-5-6-11(16)8-13(10)17-4/h5-6,8,12,17,19H,7,9H2,1-4H3,(H,18,20). The van der Waals surface area contributed by atoms with Crippen LogP contribution in [0.3, 0.4) is 0 Å². The second-order valence-electron chi connectivity index (χ2n) is 5.78. The number of hydrogen-bond donors (Lipinski definition) is 3. The molecule has 0 aliphatic rings. The van der Waals surface area contributed by atoms with E-state index in [-0.39, 0.29) is 6.61 Å². The maximum atomic E-state index is 11.8. The van der Waals surface area contributed by atoms with Crippen LogP contribution in [0.15, 0.2) is 22.7 Å². The van der Waals surface area contributed by atoms with Gasteiger partial charge in [0, 0.05) is 17.2 Å². The second-order valence-corrected chi connectivity index (χ2v) is 6.70. The summed E-state index contributed by atoms with van der Waals surface area (Å²) in [6.45, 7) is 5.25. The zero-order chi connectivity index (χ0) is 16.0. The molecule has 3 N–H and O–H groups in total. The average Bonchev–Trinajstić information content (AvgIpc) is 2.37. The SMILES string of the molecule is CNc1cc(Br)ccc1CC(CO)NC(=O)OC(C)(C)C. The largest absolute Gasteiger partial charge is 0.444 e. The number of aliphatic hydroxyl groups excluding tert-OH is 1. The molecule has 1 aromatic carbocycles. The highest BCUT2D eigenvalue weighted by Gasteiger charge is 2.20. The highest BCUT2D eigenvalue weighted by molar-refractivity contribution is 9.10. The van der Waals surface area contributed by atoms with Gasteiger partial charge in [-0.15, -0.1) is 0 Å². The van der Waals surface area contributed by atoms with Gasteiger partial charge in [-0.3, -0.25) is 0 Å². The third-order valence-electron chi connectivity index (χ3n) is 2.75. The molecule has 0 radical (unpaired) electrons. The number of ether oxygens (including phenoxy) is 1. The number of anilines is 1. The van der Waals surface area contributed by atoms with E-state index in [0.29, 0.717) is 6.42 Å². The van der Waals surface area contributed by atoms with Crippen molar-refractivity contribution in [3.05, 3.63) is 28.2 Å². The van der Waals surface area contributed by atoms with Crippen LogP contribution in [0.4, 0.5) is 10.5 Å². The van der Waals surface area contributed by atoms with Crippen LogP contribution < -0.4 is 10.6 Å². The van der Waals surface area contributed by atoms with Crippen LogP contribution >= 0.6 is 15.9 Å². The van der Waals surface area contributed by atoms with Gasteiger partial charge in [-0.05, 0) is 44.9 Å². The lowest BCUT2D eigenvalue weighted by Gasteiger charge is -2.23. The Morgan fingerprint density at radius 2 is 2.10 bits per heavy atom. The molecule has 0 spiro atoms. The van der Waals surface area contributed by atoms with E-state index in [0.717, 1.165) is 15.7 Å². The minimum absolute atomic E-state index is 0.154. The van der Waals surface area contributed by atoms with Crippen molar-refractivity contribution in [1.82, 2.24) is 5.32 Å². The third-order valence-corrected chi connectivity index (χ3v) is 3.24. The van der Waals surface area contributed by atoms with Gasteiger partial charge in [0.15, 0.2) is 0 Å². The molecule has 21 heavy (non-hydrogen) atoms. The fraction of sp³-hybridized carbons (Fsp3) is 0.533. The van der Waals surface area contributed by atoms with Crippen LogP contribution in [-0.2, 0) is 11.2 Å². The first-order chi connectivity index (χ1) is 9.75. The van der Waals surface area contributed by atoms with Gasteiger partial charge < -0.3 is 20.5 Å². The summed E-state index contributed by atoms with van der Waals surface area (Å²) < 4.78 is 6.17. The highest BCUT2D eigenvalue weighted by Crippen LogP contribution is 2.22. The molecule has 5 nitrogen and oxygen atoms in total. The van der Waals surface area contributed by atoms with Crippen LogP contribution in [-0.4, -0.2) is 36.5 Å². The molecular weight excluding hydrogens is 336 g/mol. The van der Waals surface area contributed by atoms with E-state index in [1.54, 1.807) is 20.8 Å². The maximum absolute atomic E-state index is 11.8. The number of nitrogens with one attached hydrogen (secondary N) is 2. The summed E-state index contributed by atoms with van der Waals surface area (Å²) >= 11 is 3.41. The normalized spacial score (nSPS) is 12.7. The molecule has 0 aromatic heterocycles. The van der Waals surface area contributed by atoms with Gasteiger partial charge in [0.2, 0.25) is 0 Å². The van der Waals surface area contributed by atoms with E-state index in [1.165, 1.54) is 0 Å². The summed E-state index contributed by atoms with van der Waals surface area (Å²) in [6, 6.07) is 5.44. The smallest absolute Gasteiger partial charge is 0.407 e. The molecule has 0 heterocycles. The summed E-state index contributed by atoms with van der Waals surface area (Å²) in [7, 11) is 1.83. The van der Waals surface area contributed by atoms with E-state index in [9.17, 15) is 9.90 Å². The van der Waals surface area contributed by atoms with Crippen molar-refractivity contribution < 1.29 is 14.6 Å². The molecule has 1 unspecified atom stereocenters. The number of alkyl carbamates (subject to hydrolysis) is 1. The molecule has 0 saturated carbocycles. The molecular formula is C15H23BrN2O3. The maximum Gasteiger partial charge on any atom is 0.407 e. The number of carbonyl (C=O) groups is 1. The third kappa shape index (κ3) is 6.35. The first-order valence-electron chi connectivity index (χ1n) is 6.81. The summed E-state index contributed by atoms with van der Waals surface area (Å²) in [5.74, 6) is 0. The Morgan fingerprint density at radius 1 is 1.43 bits per heavy atom. The van der Waals surface area contributed by atoms with Gasteiger partial charge in [0.05, 0.1) is 12.6 Å². The zero-order valence-electron chi connectivity index (χ0n) is 12.9. The molecule has 0 fully saturated rings. The van der Waals surface area contributed by atoms with E-state index < -0.39 is 17.7 Å². The minimum Gasteiger partial charge on any atom is -0.444 e. The molecule has 1 aromatic rings. The number of carbonyl (C=O) groups excluding carboxylic acids is 1. The lowest BCUT2D eigenvalue weighted by atomic mass is 10.0. The Morgan fingerprint density at radius 3 is 2.62 bits per heavy atom. The number of rotatable bonds is 5. The fourth-order valence-corrected chi connectivity index (χ4v) is 2.22. The van der Waals surface area contributed by atoms with Crippen LogP contribution in [0.5, 0.6) is 0 Å². The number of benzene rings is 1. The summed E-state index contributed by atoms with van der Waals surface area (Å²) in [6.07, 6.45) is -0.0104. The van der Waals surface area contributed by atoms with Gasteiger partial charge in [0.1, 0.15) is 5.60 Å². The topological polar surface area (TPSA) is 70.6 Å². The van der Waals surface area contributed by atoms with Crippen molar-refractivity contribution in [2.45, 2.75) is 38.8 Å². The van der Waals surface area contributed by atoms with Gasteiger partial charge in [-0.1, -0.05) is 22.0 Å². The predicted molar refractivity (Wildman–Crippen MR) is 87.6 cm³/mol. The van der Waals surface area contributed by atoms with Crippen molar-refractivity contribution in [3.63, 3.8) is 0 Å². The van der Waals surface area contributed by atoms with Crippen molar-refractivity contribution in [3.8, 4) is 0 Å². The van der Waals surface area contributed by atoms with E-state index in [1.807, 2.05) is 25.2 Å². The van der Waals surface area contributed by atoms with Crippen molar-refractivity contribution >= 4 is 27.7 Å². The van der Waals surface area contributed by atoms with E-state index in [2.05, 4.69) is 26.6 Å². The quantitative estimate of drug-likeness (QED) is 0.756. The van der Waals surface area contributed by atoms with Gasteiger partial charge in [-0.2, -0.15) is 0 Å².